The molecule has 20 heavy (non-hydrogen) atoms. The molecule has 1 aliphatic rings. The molecular weight excluding hydrogens is 250 g/mol. The van der Waals surface area contributed by atoms with Crippen molar-refractivity contribution in [2.24, 2.45) is 5.92 Å². The van der Waals surface area contributed by atoms with Gasteiger partial charge in [0.25, 0.3) is 0 Å². The van der Waals surface area contributed by atoms with E-state index in [1.807, 2.05) is 18.2 Å². The highest BCUT2D eigenvalue weighted by Crippen LogP contribution is 2.11. The van der Waals surface area contributed by atoms with Crippen LogP contribution in [0.15, 0.2) is 36.1 Å². The summed E-state index contributed by atoms with van der Waals surface area (Å²) in [5.41, 5.74) is 0. The van der Waals surface area contributed by atoms with E-state index < -0.39 is 6.10 Å². The van der Waals surface area contributed by atoms with Gasteiger partial charge in [0.1, 0.15) is 18.5 Å². The van der Waals surface area contributed by atoms with Gasteiger partial charge in [-0.2, -0.15) is 0 Å². The SMILES string of the molecule is CCCN(CCC)CC(O)COC1=CC=CC(C)C=C1. The number of ether oxygens (including phenoxy) is 1. The fraction of sp³-hybridized carbons (Fsp3) is 0.647. The Labute approximate surface area is 123 Å². The molecule has 0 aromatic heterocycles. The van der Waals surface area contributed by atoms with E-state index in [1.165, 1.54) is 0 Å². The zero-order valence-corrected chi connectivity index (χ0v) is 13.1. The molecule has 1 N–H and O–H groups in total. The highest BCUT2D eigenvalue weighted by Gasteiger charge is 2.11. The maximum absolute atomic E-state index is 10.1. The molecular formula is C17H29NO2. The van der Waals surface area contributed by atoms with Gasteiger partial charge in [-0.1, -0.05) is 39.0 Å². The number of aliphatic hydroxyl groups excluding tert-OH is 1. The third-order valence-corrected chi connectivity index (χ3v) is 3.23. The van der Waals surface area contributed by atoms with Crippen LogP contribution in [0.4, 0.5) is 0 Å². The van der Waals surface area contributed by atoms with Gasteiger partial charge >= 0.3 is 0 Å². The largest absolute Gasteiger partial charge is 0.491 e. The second-order valence-corrected chi connectivity index (χ2v) is 5.44. The first-order valence-corrected chi connectivity index (χ1v) is 7.75. The van der Waals surface area contributed by atoms with Crippen molar-refractivity contribution in [2.45, 2.75) is 39.7 Å². The van der Waals surface area contributed by atoms with Gasteiger partial charge in [0.2, 0.25) is 0 Å². The van der Waals surface area contributed by atoms with Gasteiger partial charge < -0.3 is 14.7 Å². The molecule has 0 spiro atoms. The van der Waals surface area contributed by atoms with Gasteiger partial charge in [0.05, 0.1) is 0 Å². The highest BCUT2D eigenvalue weighted by atomic mass is 16.5. The Morgan fingerprint density at radius 1 is 1.25 bits per heavy atom. The lowest BCUT2D eigenvalue weighted by molar-refractivity contribution is 0.0458. The lowest BCUT2D eigenvalue weighted by atomic mass is 10.2. The Balaban J connectivity index is 2.35. The first-order valence-electron chi connectivity index (χ1n) is 7.75. The van der Waals surface area contributed by atoms with Crippen LogP contribution < -0.4 is 0 Å². The molecule has 3 heteroatoms. The van der Waals surface area contributed by atoms with Crippen molar-refractivity contribution in [1.82, 2.24) is 4.90 Å². The Kier molecular flexibility index (Phi) is 8.31. The monoisotopic (exact) mass is 279 g/mol. The molecule has 1 aliphatic carbocycles. The predicted molar refractivity (Wildman–Crippen MR) is 84.5 cm³/mol. The van der Waals surface area contributed by atoms with Crippen LogP contribution in [0.5, 0.6) is 0 Å². The normalized spacial score (nSPS) is 19.9. The lowest BCUT2D eigenvalue weighted by Crippen LogP contribution is -2.35. The maximum atomic E-state index is 10.1. The van der Waals surface area contributed by atoms with Crippen molar-refractivity contribution in [3.63, 3.8) is 0 Å². The lowest BCUT2D eigenvalue weighted by Gasteiger charge is -2.24. The van der Waals surface area contributed by atoms with Crippen molar-refractivity contribution < 1.29 is 9.84 Å². The minimum atomic E-state index is -0.438. The fourth-order valence-electron chi connectivity index (χ4n) is 2.26. The molecule has 0 fully saturated rings. The van der Waals surface area contributed by atoms with Gasteiger partial charge in [-0.05, 0) is 44.0 Å². The van der Waals surface area contributed by atoms with Crippen molar-refractivity contribution in [1.29, 1.82) is 0 Å². The molecule has 0 bridgehead atoms. The average molecular weight is 279 g/mol. The summed E-state index contributed by atoms with van der Waals surface area (Å²) in [4.78, 5) is 2.30. The first kappa shape index (κ1) is 17.0. The first-order chi connectivity index (χ1) is 9.65. The number of nitrogens with zero attached hydrogens (tertiary/aromatic N) is 1. The highest BCUT2D eigenvalue weighted by molar-refractivity contribution is 5.24. The van der Waals surface area contributed by atoms with Crippen LogP contribution in [0.3, 0.4) is 0 Å². The minimum Gasteiger partial charge on any atom is -0.491 e. The summed E-state index contributed by atoms with van der Waals surface area (Å²) in [6, 6.07) is 0. The van der Waals surface area contributed by atoms with Crippen LogP contribution >= 0.6 is 0 Å². The van der Waals surface area contributed by atoms with Gasteiger partial charge in [0, 0.05) is 6.54 Å². The Bertz CT molecular complexity index is 341. The summed E-state index contributed by atoms with van der Waals surface area (Å²) >= 11 is 0. The van der Waals surface area contributed by atoms with E-state index in [1.54, 1.807) is 0 Å². The molecule has 0 saturated carbocycles. The number of aliphatic hydroxyl groups is 1. The maximum Gasteiger partial charge on any atom is 0.119 e. The van der Waals surface area contributed by atoms with E-state index in [-0.39, 0.29) is 0 Å². The third-order valence-electron chi connectivity index (χ3n) is 3.23. The smallest absolute Gasteiger partial charge is 0.119 e. The molecule has 0 aliphatic heterocycles. The topological polar surface area (TPSA) is 32.7 Å². The van der Waals surface area contributed by atoms with E-state index in [9.17, 15) is 5.11 Å². The quantitative estimate of drug-likeness (QED) is 0.704. The molecule has 0 aromatic rings. The van der Waals surface area contributed by atoms with Gasteiger partial charge in [-0.25, -0.2) is 0 Å². The molecule has 0 heterocycles. The predicted octanol–water partition coefficient (Wildman–Crippen LogP) is 3.13. The summed E-state index contributed by atoms with van der Waals surface area (Å²) in [6.07, 6.45) is 11.9. The van der Waals surface area contributed by atoms with E-state index in [0.717, 1.165) is 31.7 Å². The summed E-state index contributed by atoms with van der Waals surface area (Å²) in [5, 5.41) is 10.1. The molecule has 3 nitrogen and oxygen atoms in total. The second-order valence-electron chi connectivity index (χ2n) is 5.44. The number of rotatable bonds is 9. The summed E-state index contributed by atoms with van der Waals surface area (Å²) in [6.45, 7) is 9.57. The fourth-order valence-corrected chi connectivity index (χ4v) is 2.26. The van der Waals surface area contributed by atoms with Crippen LogP contribution in [0.1, 0.15) is 33.6 Å². The van der Waals surface area contributed by atoms with E-state index in [2.05, 4.69) is 37.8 Å². The third kappa shape index (κ3) is 6.92. The molecule has 0 saturated heterocycles. The van der Waals surface area contributed by atoms with E-state index in [0.29, 0.717) is 19.1 Å². The van der Waals surface area contributed by atoms with Crippen molar-refractivity contribution in [2.75, 3.05) is 26.2 Å². The van der Waals surface area contributed by atoms with Crippen molar-refractivity contribution in [3.05, 3.63) is 36.1 Å². The van der Waals surface area contributed by atoms with Gasteiger partial charge in [0.15, 0.2) is 0 Å². The zero-order valence-electron chi connectivity index (χ0n) is 13.1. The van der Waals surface area contributed by atoms with Crippen molar-refractivity contribution in [3.8, 4) is 0 Å². The van der Waals surface area contributed by atoms with Gasteiger partial charge in [-0.3, -0.25) is 0 Å². The Morgan fingerprint density at radius 3 is 2.60 bits per heavy atom. The number of hydrogen-bond acceptors (Lipinski definition) is 3. The molecule has 0 amide bonds. The Morgan fingerprint density at radius 2 is 1.95 bits per heavy atom. The van der Waals surface area contributed by atoms with Crippen LogP contribution in [-0.2, 0) is 4.74 Å². The molecule has 0 aromatic carbocycles. The number of allylic oxidation sites excluding steroid dienone is 5. The van der Waals surface area contributed by atoms with Gasteiger partial charge in [-0.15, -0.1) is 0 Å². The van der Waals surface area contributed by atoms with Crippen LogP contribution in [0, 0.1) is 5.92 Å². The van der Waals surface area contributed by atoms with E-state index >= 15 is 0 Å². The standard InChI is InChI=1S/C17H29NO2/c1-4-11-18(12-5-2)13-16(19)14-20-17-8-6-7-15(3)9-10-17/h6-10,15-16,19H,4-5,11-14H2,1-3H3. The van der Waals surface area contributed by atoms with E-state index in [4.69, 9.17) is 4.74 Å². The summed E-state index contributed by atoms with van der Waals surface area (Å²) in [5.74, 6) is 1.25. The average Bonchev–Trinajstić information content (AvgIpc) is 2.62. The molecule has 2 atom stereocenters. The summed E-state index contributed by atoms with van der Waals surface area (Å²) < 4.78 is 5.68. The van der Waals surface area contributed by atoms with Crippen LogP contribution in [0.25, 0.3) is 0 Å². The molecule has 114 valence electrons. The van der Waals surface area contributed by atoms with Crippen molar-refractivity contribution >= 4 is 0 Å². The van der Waals surface area contributed by atoms with Crippen LogP contribution in [0.2, 0.25) is 0 Å². The molecule has 1 rings (SSSR count). The second kappa shape index (κ2) is 9.78. The Hall–Kier alpha value is -1.06. The molecule has 2 unspecified atom stereocenters. The van der Waals surface area contributed by atoms with Crippen LogP contribution in [-0.4, -0.2) is 42.4 Å². The zero-order chi connectivity index (χ0) is 14.8. The molecule has 0 radical (unpaired) electrons. The summed E-state index contributed by atoms with van der Waals surface area (Å²) in [7, 11) is 0. The number of hydrogen-bond donors (Lipinski definition) is 1. The minimum absolute atomic E-state index is 0.350.